The van der Waals surface area contributed by atoms with E-state index in [1.165, 1.54) is 58.3 Å². The third kappa shape index (κ3) is 5.87. The largest absolute Gasteiger partial charge is 0.320 e. The van der Waals surface area contributed by atoms with Crippen molar-refractivity contribution in [3.8, 4) is 0 Å². The molecule has 102 valence electrons. The lowest BCUT2D eigenvalue weighted by atomic mass is 9.86. The van der Waals surface area contributed by atoms with E-state index in [-0.39, 0.29) is 0 Å². The van der Waals surface area contributed by atoms with Crippen molar-refractivity contribution in [2.75, 3.05) is 33.2 Å². The van der Waals surface area contributed by atoms with Crippen molar-refractivity contribution in [1.29, 1.82) is 0 Å². The molecule has 1 aliphatic rings. The van der Waals surface area contributed by atoms with Gasteiger partial charge in [-0.1, -0.05) is 27.2 Å². The summed E-state index contributed by atoms with van der Waals surface area (Å²) in [4.78, 5) is 2.67. The zero-order chi connectivity index (χ0) is 12.7. The minimum Gasteiger partial charge on any atom is -0.320 e. The van der Waals surface area contributed by atoms with Crippen molar-refractivity contribution >= 4 is 0 Å². The van der Waals surface area contributed by atoms with Gasteiger partial charge in [-0.15, -0.1) is 0 Å². The van der Waals surface area contributed by atoms with E-state index < -0.39 is 0 Å². The van der Waals surface area contributed by atoms with Crippen LogP contribution in [0.25, 0.3) is 0 Å². The predicted octanol–water partition coefficient (Wildman–Crippen LogP) is 3.13. The summed E-state index contributed by atoms with van der Waals surface area (Å²) >= 11 is 0. The maximum atomic E-state index is 3.27. The van der Waals surface area contributed by atoms with Crippen molar-refractivity contribution in [2.24, 2.45) is 11.3 Å². The van der Waals surface area contributed by atoms with Crippen LogP contribution in [0.4, 0.5) is 0 Å². The fraction of sp³-hybridized carbons (Fsp3) is 1.00. The van der Waals surface area contributed by atoms with Crippen LogP contribution in [0, 0.1) is 11.3 Å². The molecular formula is C15H32N2. The predicted molar refractivity (Wildman–Crippen MR) is 76.4 cm³/mol. The van der Waals surface area contributed by atoms with E-state index in [9.17, 15) is 0 Å². The van der Waals surface area contributed by atoms with Gasteiger partial charge in [0.25, 0.3) is 0 Å². The molecule has 1 heterocycles. The average Bonchev–Trinajstić information content (AvgIpc) is 2.35. The van der Waals surface area contributed by atoms with Gasteiger partial charge in [0, 0.05) is 0 Å². The first kappa shape index (κ1) is 15.0. The minimum absolute atomic E-state index is 0.531. The Morgan fingerprint density at radius 2 is 1.88 bits per heavy atom. The molecule has 0 amide bonds. The van der Waals surface area contributed by atoms with Crippen LogP contribution < -0.4 is 5.32 Å². The van der Waals surface area contributed by atoms with Crippen LogP contribution in [0.3, 0.4) is 0 Å². The highest BCUT2D eigenvalue weighted by atomic mass is 15.1. The molecule has 0 atom stereocenters. The van der Waals surface area contributed by atoms with E-state index in [4.69, 9.17) is 0 Å². The monoisotopic (exact) mass is 240 g/mol. The Morgan fingerprint density at radius 1 is 1.24 bits per heavy atom. The van der Waals surface area contributed by atoms with E-state index in [1.54, 1.807) is 0 Å². The number of piperidine rings is 1. The summed E-state index contributed by atoms with van der Waals surface area (Å²) in [6.45, 7) is 12.2. The Morgan fingerprint density at radius 3 is 2.41 bits per heavy atom. The second-order valence-electron chi connectivity index (χ2n) is 6.45. The first-order valence-corrected chi connectivity index (χ1v) is 7.44. The van der Waals surface area contributed by atoms with Crippen LogP contribution in [-0.4, -0.2) is 38.1 Å². The molecule has 1 aliphatic heterocycles. The number of hydrogen-bond acceptors (Lipinski definition) is 2. The summed E-state index contributed by atoms with van der Waals surface area (Å²) in [6, 6.07) is 0. The van der Waals surface area contributed by atoms with Crippen molar-refractivity contribution in [1.82, 2.24) is 10.2 Å². The van der Waals surface area contributed by atoms with E-state index in [0.29, 0.717) is 5.41 Å². The highest BCUT2D eigenvalue weighted by Crippen LogP contribution is 2.26. The van der Waals surface area contributed by atoms with Crippen molar-refractivity contribution < 1.29 is 0 Å². The van der Waals surface area contributed by atoms with Gasteiger partial charge in [0.05, 0.1) is 0 Å². The molecule has 1 fully saturated rings. The second-order valence-corrected chi connectivity index (χ2v) is 6.45. The molecule has 2 nitrogen and oxygen atoms in total. The first-order valence-electron chi connectivity index (χ1n) is 7.44. The summed E-state index contributed by atoms with van der Waals surface area (Å²) in [5.74, 6) is 0.970. The van der Waals surface area contributed by atoms with Crippen molar-refractivity contribution in [2.45, 2.75) is 52.9 Å². The molecule has 0 saturated carbocycles. The van der Waals surface area contributed by atoms with Gasteiger partial charge in [0.2, 0.25) is 0 Å². The summed E-state index contributed by atoms with van der Waals surface area (Å²) < 4.78 is 0. The molecule has 0 spiro atoms. The fourth-order valence-corrected chi connectivity index (χ4v) is 2.48. The molecule has 0 aromatic carbocycles. The van der Waals surface area contributed by atoms with Gasteiger partial charge in [-0.3, -0.25) is 0 Å². The maximum Gasteiger partial charge on any atom is -0.00136 e. The van der Waals surface area contributed by atoms with Crippen LogP contribution >= 0.6 is 0 Å². The molecule has 0 aliphatic carbocycles. The number of rotatable bonds is 7. The lowest BCUT2D eigenvalue weighted by Gasteiger charge is -2.34. The molecule has 17 heavy (non-hydrogen) atoms. The minimum atomic E-state index is 0.531. The third-order valence-electron chi connectivity index (χ3n) is 4.57. The Labute approximate surface area is 108 Å². The van der Waals surface area contributed by atoms with Crippen molar-refractivity contribution in [3.63, 3.8) is 0 Å². The quantitative estimate of drug-likeness (QED) is 0.735. The normalized spacial score (nSPS) is 19.8. The van der Waals surface area contributed by atoms with Crippen molar-refractivity contribution in [3.05, 3.63) is 0 Å². The van der Waals surface area contributed by atoms with E-state index in [1.807, 2.05) is 0 Å². The Kier molecular flexibility index (Phi) is 6.50. The average molecular weight is 240 g/mol. The maximum absolute atomic E-state index is 3.27. The topological polar surface area (TPSA) is 15.3 Å². The highest BCUT2D eigenvalue weighted by Gasteiger charge is 2.21. The first-order chi connectivity index (χ1) is 8.07. The molecule has 0 aromatic heterocycles. The third-order valence-corrected chi connectivity index (χ3v) is 4.57. The van der Waals surface area contributed by atoms with Gasteiger partial charge >= 0.3 is 0 Å². The summed E-state index contributed by atoms with van der Waals surface area (Å²) in [5.41, 5.74) is 0.531. The molecule has 1 rings (SSSR count). The lowest BCUT2D eigenvalue weighted by Crippen LogP contribution is -2.36. The molecular weight excluding hydrogens is 208 g/mol. The molecule has 0 bridgehead atoms. The Hall–Kier alpha value is -0.0800. The molecule has 2 heteroatoms. The van der Waals surface area contributed by atoms with Crippen LogP contribution in [-0.2, 0) is 0 Å². The number of hydrogen-bond donors (Lipinski definition) is 1. The Balaban J connectivity index is 2.15. The SMILES string of the molecule is CCC(C)(C)CCN1CCC(CCNC)CC1. The molecule has 0 radical (unpaired) electrons. The molecule has 0 aromatic rings. The van der Waals surface area contributed by atoms with Gasteiger partial charge in [-0.25, -0.2) is 0 Å². The van der Waals surface area contributed by atoms with Gasteiger partial charge in [-0.2, -0.15) is 0 Å². The van der Waals surface area contributed by atoms with E-state index in [2.05, 4.69) is 38.0 Å². The van der Waals surface area contributed by atoms with Gasteiger partial charge in [0.15, 0.2) is 0 Å². The molecule has 1 saturated heterocycles. The fourth-order valence-electron chi connectivity index (χ4n) is 2.48. The van der Waals surface area contributed by atoms with E-state index >= 15 is 0 Å². The van der Waals surface area contributed by atoms with Crippen LogP contribution in [0.2, 0.25) is 0 Å². The van der Waals surface area contributed by atoms with Gasteiger partial charge in [-0.05, 0) is 70.2 Å². The number of nitrogens with one attached hydrogen (secondary N) is 1. The molecule has 1 N–H and O–H groups in total. The van der Waals surface area contributed by atoms with Gasteiger partial charge < -0.3 is 10.2 Å². The number of likely N-dealkylation sites (tertiary alicyclic amines) is 1. The van der Waals surface area contributed by atoms with Crippen LogP contribution in [0.5, 0.6) is 0 Å². The van der Waals surface area contributed by atoms with Gasteiger partial charge in [0.1, 0.15) is 0 Å². The lowest BCUT2D eigenvalue weighted by molar-refractivity contribution is 0.154. The zero-order valence-corrected chi connectivity index (χ0v) is 12.4. The summed E-state index contributed by atoms with van der Waals surface area (Å²) in [5, 5.41) is 3.27. The smallest absolute Gasteiger partial charge is 0.00136 e. The van der Waals surface area contributed by atoms with Crippen LogP contribution in [0.1, 0.15) is 52.9 Å². The second kappa shape index (κ2) is 7.38. The molecule has 0 unspecified atom stereocenters. The van der Waals surface area contributed by atoms with Crippen LogP contribution in [0.15, 0.2) is 0 Å². The Bertz CT molecular complexity index is 193. The zero-order valence-electron chi connectivity index (χ0n) is 12.4. The van der Waals surface area contributed by atoms with E-state index in [0.717, 1.165) is 5.92 Å². The summed E-state index contributed by atoms with van der Waals surface area (Å²) in [7, 11) is 2.06. The highest BCUT2D eigenvalue weighted by molar-refractivity contribution is 4.75. The summed E-state index contributed by atoms with van der Waals surface area (Å²) in [6.07, 6.45) is 6.84. The number of nitrogens with zero attached hydrogens (tertiary/aromatic N) is 1. The standard InChI is InChI=1S/C15H32N2/c1-5-15(2,3)9-13-17-11-7-14(8-12-17)6-10-16-4/h14,16H,5-13H2,1-4H3.